The zero-order valence-corrected chi connectivity index (χ0v) is 24.6. The fourth-order valence-corrected chi connectivity index (χ4v) is 6.54. The van der Waals surface area contributed by atoms with Gasteiger partial charge >= 0.3 is 0 Å². The van der Waals surface area contributed by atoms with Crippen molar-refractivity contribution in [3.63, 3.8) is 0 Å². The van der Waals surface area contributed by atoms with Crippen molar-refractivity contribution in [2.45, 2.75) is 39.7 Å². The predicted molar refractivity (Wildman–Crippen MR) is 172 cm³/mol. The van der Waals surface area contributed by atoms with Gasteiger partial charge in [0.2, 0.25) is 0 Å². The quantitative estimate of drug-likeness (QED) is 0.235. The molecule has 0 radical (unpaired) electrons. The summed E-state index contributed by atoms with van der Waals surface area (Å²) in [6, 6.07) is 24.3. The Morgan fingerprint density at radius 3 is 2.19 bits per heavy atom. The van der Waals surface area contributed by atoms with E-state index in [4.69, 9.17) is 4.74 Å². The molecule has 0 atom stereocenters. The molecule has 214 valence electrons. The molecule has 3 heterocycles. The minimum Gasteiger partial charge on any atom is -0.462 e. The van der Waals surface area contributed by atoms with Gasteiger partial charge in [0.1, 0.15) is 11.5 Å². The number of benzene rings is 3. The first kappa shape index (κ1) is 27.0. The molecule has 0 N–H and O–H groups in total. The maximum atomic E-state index is 13.3. The Labute approximate surface area is 252 Å². The lowest BCUT2D eigenvalue weighted by Gasteiger charge is -2.35. The number of piperidine rings is 1. The van der Waals surface area contributed by atoms with Gasteiger partial charge in [-0.05, 0) is 80.2 Å². The van der Waals surface area contributed by atoms with Crippen molar-refractivity contribution in [1.82, 2.24) is 0 Å². The second-order valence-corrected chi connectivity index (χ2v) is 11.7. The summed E-state index contributed by atoms with van der Waals surface area (Å²) < 4.78 is 6.19. The van der Waals surface area contributed by atoms with E-state index in [9.17, 15) is 9.59 Å². The number of hydrogen-bond donors (Lipinski definition) is 0. The van der Waals surface area contributed by atoms with Gasteiger partial charge < -0.3 is 14.5 Å². The Kier molecular flexibility index (Phi) is 6.94. The first-order valence-electron chi connectivity index (χ1n) is 15.1. The highest BCUT2D eigenvalue weighted by molar-refractivity contribution is 6.40. The highest BCUT2D eigenvalue weighted by Crippen LogP contribution is 2.41. The van der Waals surface area contributed by atoms with E-state index in [1.807, 2.05) is 25.1 Å². The number of nitrogens with zero attached hydrogens (tertiary/aromatic N) is 2. The normalized spacial score (nSPS) is 19.1. The molecule has 3 aromatic carbocycles. The van der Waals surface area contributed by atoms with E-state index in [-0.39, 0.29) is 17.1 Å². The summed E-state index contributed by atoms with van der Waals surface area (Å²) in [5, 5.41) is 0. The van der Waals surface area contributed by atoms with Crippen LogP contribution in [0.4, 0.5) is 11.4 Å². The van der Waals surface area contributed by atoms with E-state index in [2.05, 4.69) is 65.3 Å². The lowest BCUT2D eigenvalue weighted by Crippen LogP contribution is -2.30. The number of hydrogen-bond acceptors (Lipinski definition) is 5. The summed E-state index contributed by atoms with van der Waals surface area (Å²) in [7, 11) is 0. The van der Waals surface area contributed by atoms with E-state index >= 15 is 0 Å². The Balaban J connectivity index is 1.32. The lowest BCUT2D eigenvalue weighted by atomic mass is 9.96. The Morgan fingerprint density at radius 2 is 1.47 bits per heavy atom. The number of anilines is 2. The van der Waals surface area contributed by atoms with Crippen LogP contribution in [0, 0.1) is 0 Å². The highest BCUT2D eigenvalue weighted by Gasteiger charge is 2.35. The molecule has 0 aromatic heterocycles. The molecule has 4 aliphatic rings. The van der Waals surface area contributed by atoms with Crippen LogP contribution in [0.5, 0.6) is 0 Å². The molecular formula is C38H34N2O3. The lowest BCUT2D eigenvalue weighted by molar-refractivity contribution is 0.0987. The topological polar surface area (TPSA) is 49.9 Å². The molecule has 1 fully saturated rings. The zero-order chi connectivity index (χ0) is 29.5. The van der Waals surface area contributed by atoms with Gasteiger partial charge in [0.25, 0.3) is 0 Å². The van der Waals surface area contributed by atoms with Gasteiger partial charge in [-0.2, -0.15) is 0 Å². The van der Waals surface area contributed by atoms with Crippen molar-refractivity contribution in [1.29, 1.82) is 0 Å². The van der Waals surface area contributed by atoms with Crippen molar-refractivity contribution >= 4 is 28.5 Å². The SMILES string of the molecule is CC1=CC(=C2C(=O)c3ccccc3C2=O)C=C(C=C2C=C(C)c3ccc(N4CCCCC4)cc3N2Cc2ccccc2)O1. The number of rotatable bonds is 4. The van der Waals surface area contributed by atoms with Crippen molar-refractivity contribution < 1.29 is 14.3 Å². The van der Waals surface area contributed by atoms with E-state index < -0.39 is 0 Å². The van der Waals surface area contributed by atoms with Crippen molar-refractivity contribution in [3.05, 3.63) is 148 Å². The Bertz CT molecular complexity index is 1760. The molecule has 3 aliphatic heterocycles. The summed E-state index contributed by atoms with van der Waals surface area (Å²) in [4.78, 5) is 31.4. The molecule has 7 rings (SSSR count). The number of carbonyl (C=O) groups excluding carboxylic acids is 2. The molecule has 0 bridgehead atoms. The van der Waals surface area contributed by atoms with E-state index in [0.29, 0.717) is 34.8 Å². The monoisotopic (exact) mass is 566 g/mol. The van der Waals surface area contributed by atoms with Gasteiger partial charge in [-0.25, -0.2) is 0 Å². The smallest absolute Gasteiger partial charge is 0.198 e. The highest BCUT2D eigenvalue weighted by atomic mass is 16.5. The maximum Gasteiger partial charge on any atom is 0.198 e. The maximum absolute atomic E-state index is 13.3. The van der Waals surface area contributed by atoms with Gasteiger partial charge in [-0.3, -0.25) is 9.59 Å². The van der Waals surface area contributed by atoms with Gasteiger partial charge in [-0.15, -0.1) is 0 Å². The molecule has 0 unspecified atom stereocenters. The van der Waals surface area contributed by atoms with Gasteiger partial charge in [0, 0.05) is 53.8 Å². The van der Waals surface area contributed by atoms with Crippen LogP contribution in [-0.2, 0) is 11.3 Å². The molecule has 0 amide bonds. The van der Waals surface area contributed by atoms with Crippen LogP contribution >= 0.6 is 0 Å². The number of Topliss-reactive ketones (excluding diaryl/α,β-unsaturated/α-hetero) is 2. The fourth-order valence-electron chi connectivity index (χ4n) is 6.54. The molecule has 5 nitrogen and oxygen atoms in total. The summed E-state index contributed by atoms with van der Waals surface area (Å²) in [5.41, 5.74) is 8.70. The standard InChI is InChI=1S/C38H34N2O3/c1-25-19-30(22-31-21-28(20-26(2)43-31)36-37(41)33-13-7-8-14-34(33)38(36)42)40(24-27-11-5-3-6-12-27)35-23-29(15-16-32(25)35)39-17-9-4-10-18-39/h3,5-8,11-16,19-23H,4,9-10,17-18,24H2,1-2H3. The number of fused-ring (bicyclic) bond motifs is 2. The molecule has 3 aromatic rings. The second kappa shape index (κ2) is 11.1. The van der Waals surface area contributed by atoms with Crippen LogP contribution in [0.2, 0.25) is 0 Å². The minimum absolute atomic E-state index is 0.202. The Hall–Kier alpha value is -4.90. The molecule has 5 heteroatoms. The fraction of sp³-hybridized carbons (Fsp3) is 0.211. The molecule has 1 aliphatic carbocycles. The zero-order valence-electron chi connectivity index (χ0n) is 24.6. The van der Waals surface area contributed by atoms with Crippen molar-refractivity contribution in [2.75, 3.05) is 22.9 Å². The van der Waals surface area contributed by atoms with Gasteiger partial charge in [0.05, 0.1) is 11.3 Å². The van der Waals surface area contributed by atoms with Crippen LogP contribution in [0.25, 0.3) is 5.57 Å². The summed E-state index contributed by atoms with van der Waals surface area (Å²) in [6.45, 7) is 6.86. The van der Waals surface area contributed by atoms with Crippen LogP contribution in [0.1, 0.15) is 65.0 Å². The third-order valence-electron chi connectivity index (χ3n) is 8.66. The number of allylic oxidation sites excluding steroid dienone is 8. The summed E-state index contributed by atoms with van der Waals surface area (Å²) in [5.74, 6) is 0.755. The number of ketones is 2. The van der Waals surface area contributed by atoms with Crippen LogP contribution in [-0.4, -0.2) is 24.7 Å². The van der Waals surface area contributed by atoms with E-state index in [0.717, 1.165) is 24.5 Å². The molecule has 0 saturated carbocycles. The number of ether oxygens (including phenoxy) is 1. The third kappa shape index (κ3) is 5.05. The second-order valence-electron chi connectivity index (χ2n) is 11.7. The predicted octanol–water partition coefficient (Wildman–Crippen LogP) is 8.18. The summed E-state index contributed by atoms with van der Waals surface area (Å²) in [6.07, 6.45) is 11.6. The largest absolute Gasteiger partial charge is 0.462 e. The van der Waals surface area contributed by atoms with Gasteiger partial charge in [-0.1, -0.05) is 60.7 Å². The van der Waals surface area contributed by atoms with E-state index in [1.165, 1.54) is 41.6 Å². The van der Waals surface area contributed by atoms with E-state index in [1.54, 1.807) is 30.3 Å². The number of carbonyl (C=O) groups is 2. The molecule has 43 heavy (non-hydrogen) atoms. The van der Waals surface area contributed by atoms with Crippen LogP contribution < -0.4 is 9.80 Å². The van der Waals surface area contributed by atoms with Crippen molar-refractivity contribution in [3.8, 4) is 0 Å². The average molecular weight is 567 g/mol. The minimum atomic E-state index is -0.233. The summed E-state index contributed by atoms with van der Waals surface area (Å²) >= 11 is 0. The van der Waals surface area contributed by atoms with Gasteiger partial charge in [0.15, 0.2) is 11.6 Å². The molecule has 1 saturated heterocycles. The first-order valence-corrected chi connectivity index (χ1v) is 15.1. The Morgan fingerprint density at radius 1 is 0.767 bits per heavy atom. The molecular weight excluding hydrogens is 532 g/mol. The van der Waals surface area contributed by atoms with Crippen LogP contribution in [0.15, 0.2) is 125 Å². The average Bonchev–Trinajstić information content (AvgIpc) is 3.29. The third-order valence-corrected chi connectivity index (χ3v) is 8.66. The van der Waals surface area contributed by atoms with Crippen molar-refractivity contribution in [2.24, 2.45) is 0 Å². The molecule has 0 spiro atoms. The van der Waals surface area contributed by atoms with Crippen LogP contribution in [0.3, 0.4) is 0 Å². The first-order chi connectivity index (χ1) is 21.0.